The summed E-state index contributed by atoms with van der Waals surface area (Å²) in [6, 6.07) is 11.1. The molecule has 1 aliphatic heterocycles. The van der Waals surface area contributed by atoms with Gasteiger partial charge in [-0.1, -0.05) is 25.1 Å². The van der Waals surface area contributed by atoms with Crippen molar-refractivity contribution >= 4 is 5.69 Å². The van der Waals surface area contributed by atoms with Crippen molar-refractivity contribution in [3.63, 3.8) is 0 Å². The molecule has 2 aromatic carbocycles. The van der Waals surface area contributed by atoms with Gasteiger partial charge in [0.05, 0.1) is 17.3 Å². The van der Waals surface area contributed by atoms with Gasteiger partial charge in [-0.15, -0.1) is 6.58 Å². The Morgan fingerprint density at radius 2 is 1.93 bits per heavy atom. The topological polar surface area (TPSA) is 27.0 Å². The third-order valence-corrected chi connectivity index (χ3v) is 7.06. The van der Waals surface area contributed by atoms with Crippen LogP contribution in [-0.4, -0.2) is 13.1 Å². The van der Waals surface area contributed by atoms with Gasteiger partial charge in [0.15, 0.2) is 0 Å². The number of halogens is 2. The van der Waals surface area contributed by atoms with Crippen LogP contribution in [0.4, 0.5) is 14.5 Å². The van der Waals surface area contributed by atoms with E-state index in [-0.39, 0.29) is 17.0 Å². The van der Waals surface area contributed by atoms with Crippen LogP contribution in [0.5, 0.6) is 0 Å². The summed E-state index contributed by atoms with van der Waals surface area (Å²) < 4.78 is 29.0. The molecule has 4 heteroatoms. The zero-order valence-electron chi connectivity index (χ0n) is 17.6. The number of piperidine rings is 1. The lowest BCUT2D eigenvalue weighted by molar-refractivity contribution is 0.369. The highest BCUT2D eigenvalue weighted by Crippen LogP contribution is 2.65. The Morgan fingerprint density at radius 1 is 1.17 bits per heavy atom. The smallest absolute Gasteiger partial charge is 0.147 e. The maximum atomic E-state index is 14.7. The third-order valence-electron chi connectivity index (χ3n) is 7.06. The molecule has 2 fully saturated rings. The molecule has 0 radical (unpaired) electrons. The van der Waals surface area contributed by atoms with Gasteiger partial charge < -0.3 is 4.90 Å². The van der Waals surface area contributed by atoms with Crippen molar-refractivity contribution < 1.29 is 8.78 Å². The van der Waals surface area contributed by atoms with Crippen LogP contribution in [0.1, 0.15) is 60.8 Å². The van der Waals surface area contributed by atoms with E-state index < -0.39 is 0 Å². The molecule has 1 aliphatic carbocycles. The summed E-state index contributed by atoms with van der Waals surface area (Å²) in [6.45, 7) is 7.28. The molecule has 1 heterocycles. The molecule has 0 amide bonds. The van der Waals surface area contributed by atoms with E-state index in [1.54, 1.807) is 6.07 Å². The number of hydrogen-bond donors (Lipinski definition) is 0. The fourth-order valence-corrected chi connectivity index (χ4v) is 5.05. The Morgan fingerprint density at radius 3 is 2.57 bits per heavy atom. The zero-order valence-corrected chi connectivity index (χ0v) is 17.6. The van der Waals surface area contributed by atoms with Gasteiger partial charge in [-0.2, -0.15) is 5.26 Å². The molecule has 1 saturated heterocycles. The van der Waals surface area contributed by atoms with Crippen LogP contribution < -0.4 is 4.90 Å². The van der Waals surface area contributed by atoms with Gasteiger partial charge in [-0.05, 0) is 84.7 Å². The van der Waals surface area contributed by atoms with E-state index >= 15 is 0 Å². The van der Waals surface area contributed by atoms with Crippen molar-refractivity contribution in [1.82, 2.24) is 0 Å². The first-order chi connectivity index (χ1) is 14.5. The van der Waals surface area contributed by atoms with E-state index in [1.807, 2.05) is 25.1 Å². The zero-order chi connectivity index (χ0) is 21.3. The summed E-state index contributed by atoms with van der Waals surface area (Å²) in [5.74, 6) is -0.00959. The van der Waals surface area contributed by atoms with Crippen LogP contribution in [0.15, 0.2) is 43.0 Å². The molecule has 0 aromatic heterocycles. The molecule has 1 atom stereocenters. The summed E-state index contributed by atoms with van der Waals surface area (Å²) in [6.07, 6.45) is 7.04. The lowest BCUT2D eigenvalue weighted by atomic mass is 9.88. The van der Waals surface area contributed by atoms with Gasteiger partial charge in [-0.3, -0.25) is 0 Å². The minimum atomic E-state index is -0.325. The second-order valence-corrected chi connectivity index (χ2v) is 8.71. The maximum absolute atomic E-state index is 14.7. The molecular formula is C26H28F2N2. The van der Waals surface area contributed by atoms with E-state index in [0.29, 0.717) is 30.0 Å². The largest absolute Gasteiger partial charge is 0.369 e. The lowest BCUT2D eigenvalue weighted by Gasteiger charge is -2.35. The quantitative estimate of drug-likeness (QED) is 0.527. The van der Waals surface area contributed by atoms with Crippen LogP contribution in [0.2, 0.25) is 0 Å². The average molecular weight is 407 g/mol. The van der Waals surface area contributed by atoms with Gasteiger partial charge >= 0.3 is 0 Å². The second kappa shape index (κ2) is 8.22. The Hall–Kier alpha value is -2.67. The average Bonchev–Trinajstić information content (AvgIpc) is 3.46. The number of nitriles is 1. The lowest BCUT2D eigenvalue weighted by Crippen LogP contribution is -2.35. The van der Waals surface area contributed by atoms with Gasteiger partial charge in [0.25, 0.3) is 0 Å². The van der Waals surface area contributed by atoms with Crippen LogP contribution in [0.3, 0.4) is 0 Å². The monoisotopic (exact) mass is 406 g/mol. The Labute approximate surface area is 177 Å². The Balaban J connectivity index is 1.47. The van der Waals surface area contributed by atoms with Gasteiger partial charge in [0, 0.05) is 13.1 Å². The van der Waals surface area contributed by atoms with Crippen molar-refractivity contribution in [1.29, 1.82) is 5.26 Å². The van der Waals surface area contributed by atoms with Crippen LogP contribution in [-0.2, 0) is 12.8 Å². The first-order valence-corrected chi connectivity index (χ1v) is 10.9. The van der Waals surface area contributed by atoms with Gasteiger partial charge in [0.1, 0.15) is 11.6 Å². The molecular weight excluding hydrogens is 378 g/mol. The van der Waals surface area contributed by atoms with Crippen molar-refractivity contribution in [2.45, 2.75) is 51.4 Å². The highest BCUT2D eigenvalue weighted by Gasteiger charge is 2.55. The summed E-state index contributed by atoms with van der Waals surface area (Å²) in [7, 11) is 0. The maximum Gasteiger partial charge on any atom is 0.147 e. The predicted octanol–water partition coefficient (Wildman–Crippen LogP) is 6.29. The SMILES string of the molecule is C=CCCc1cc(N2CCC3(CC2)CC3c2ccc(CC)c(F)c2)c(F)cc1C#N. The molecule has 30 heavy (non-hydrogen) atoms. The number of rotatable bonds is 6. The van der Waals surface area contributed by atoms with E-state index in [9.17, 15) is 14.0 Å². The molecule has 0 bridgehead atoms. The van der Waals surface area contributed by atoms with Crippen molar-refractivity contribution in [2.24, 2.45) is 5.41 Å². The van der Waals surface area contributed by atoms with Crippen LogP contribution in [0.25, 0.3) is 0 Å². The molecule has 2 nitrogen and oxygen atoms in total. The number of aryl methyl sites for hydroxylation is 2. The molecule has 156 valence electrons. The van der Waals surface area contributed by atoms with E-state index in [4.69, 9.17) is 0 Å². The molecule has 2 aromatic rings. The first-order valence-electron chi connectivity index (χ1n) is 10.9. The molecule has 4 rings (SSSR count). The predicted molar refractivity (Wildman–Crippen MR) is 117 cm³/mol. The number of hydrogen-bond acceptors (Lipinski definition) is 2. The molecule has 1 spiro atoms. The number of benzene rings is 2. The fraction of sp³-hybridized carbons (Fsp3) is 0.423. The van der Waals surface area contributed by atoms with E-state index in [0.717, 1.165) is 55.5 Å². The molecule has 1 saturated carbocycles. The first kappa shape index (κ1) is 20.6. The summed E-state index contributed by atoms with van der Waals surface area (Å²) in [5, 5.41) is 9.33. The normalized spacial score (nSPS) is 19.5. The highest BCUT2D eigenvalue weighted by atomic mass is 19.1. The number of nitrogens with zero attached hydrogens (tertiary/aromatic N) is 2. The highest BCUT2D eigenvalue weighted by molar-refractivity contribution is 5.56. The Kier molecular flexibility index (Phi) is 5.64. The van der Waals surface area contributed by atoms with Crippen molar-refractivity contribution in [3.8, 4) is 6.07 Å². The third kappa shape index (κ3) is 3.74. The summed E-state index contributed by atoms with van der Waals surface area (Å²) in [5.41, 5.74) is 3.99. The molecule has 1 unspecified atom stereocenters. The minimum absolute atomic E-state index is 0.0961. The standard InChI is InChI=1S/C26H28F2N2/c1-3-5-6-19-15-25(24(28)14-21(19)17-29)30-11-9-26(10-12-30)16-22(26)20-8-7-18(4-2)23(27)13-20/h3,7-8,13-15,22H,1,4-6,9-12,16H2,2H3. The summed E-state index contributed by atoms with van der Waals surface area (Å²) >= 11 is 0. The fourth-order valence-electron chi connectivity index (χ4n) is 5.05. The van der Waals surface area contributed by atoms with E-state index in [2.05, 4.69) is 23.6 Å². The molecule has 0 N–H and O–H groups in total. The van der Waals surface area contributed by atoms with Crippen molar-refractivity contribution in [3.05, 3.63) is 76.9 Å². The van der Waals surface area contributed by atoms with Crippen molar-refractivity contribution in [2.75, 3.05) is 18.0 Å². The second-order valence-electron chi connectivity index (χ2n) is 8.71. The van der Waals surface area contributed by atoms with Gasteiger partial charge in [-0.25, -0.2) is 8.78 Å². The van der Waals surface area contributed by atoms with E-state index in [1.165, 1.54) is 6.07 Å². The van der Waals surface area contributed by atoms with Crippen LogP contribution in [0, 0.1) is 28.4 Å². The van der Waals surface area contributed by atoms with Crippen LogP contribution >= 0.6 is 0 Å². The summed E-state index contributed by atoms with van der Waals surface area (Å²) in [4.78, 5) is 2.11. The number of allylic oxidation sites excluding steroid dienone is 1. The van der Waals surface area contributed by atoms with Gasteiger partial charge in [0.2, 0.25) is 0 Å². The Bertz CT molecular complexity index is 997. The minimum Gasteiger partial charge on any atom is -0.369 e. The molecule has 2 aliphatic rings. The number of anilines is 1.